The van der Waals surface area contributed by atoms with Gasteiger partial charge in [-0.2, -0.15) is 4.98 Å². The topological polar surface area (TPSA) is 57.4 Å². The van der Waals surface area contributed by atoms with Gasteiger partial charge in [-0.05, 0) is 63.5 Å². The maximum atomic E-state index is 6.25. The number of benzene rings is 1. The molecule has 2 fully saturated rings. The zero-order chi connectivity index (χ0) is 17.1. The maximum Gasteiger partial charge on any atom is 0.495 e. The molecule has 0 bridgehead atoms. The fourth-order valence-electron chi connectivity index (χ4n) is 3.06. The Labute approximate surface area is 142 Å². The molecule has 1 aliphatic carbocycles. The zero-order valence-electron chi connectivity index (χ0n) is 14.9. The summed E-state index contributed by atoms with van der Waals surface area (Å²) in [5.74, 6) is 1.79. The van der Waals surface area contributed by atoms with E-state index in [2.05, 4.69) is 50.0 Å². The van der Waals surface area contributed by atoms with E-state index in [0.29, 0.717) is 17.6 Å². The summed E-state index contributed by atoms with van der Waals surface area (Å²) in [5.41, 5.74) is 2.73. The lowest BCUT2D eigenvalue weighted by Gasteiger charge is -2.32. The van der Waals surface area contributed by atoms with Crippen LogP contribution >= 0.6 is 0 Å². The van der Waals surface area contributed by atoms with Gasteiger partial charge in [0.15, 0.2) is 0 Å². The van der Waals surface area contributed by atoms with Crippen LogP contribution in [0.3, 0.4) is 0 Å². The fraction of sp³-hybridized carbons (Fsp3) is 0.556. The van der Waals surface area contributed by atoms with Gasteiger partial charge in [-0.3, -0.25) is 0 Å². The summed E-state index contributed by atoms with van der Waals surface area (Å²) >= 11 is 0. The average molecular weight is 326 g/mol. The van der Waals surface area contributed by atoms with Gasteiger partial charge < -0.3 is 13.8 Å². The number of aromatic nitrogens is 2. The molecule has 0 radical (unpaired) electrons. The number of nitrogens with zero attached hydrogens (tertiary/aromatic N) is 2. The van der Waals surface area contributed by atoms with Gasteiger partial charge in [0.25, 0.3) is 0 Å². The van der Waals surface area contributed by atoms with Crippen molar-refractivity contribution < 1.29 is 13.8 Å². The average Bonchev–Trinajstić information content (AvgIpc) is 3.22. The molecule has 0 atom stereocenters. The van der Waals surface area contributed by atoms with Crippen LogP contribution in [0.5, 0.6) is 0 Å². The first-order valence-corrected chi connectivity index (χ1v) is 8.57. The van der Waals surface area contributed by atoms with Crippen molar-refractivity contribution in [3.05, 3.63) is 29.7 Å². The molecule has 1 aromatic heterocycles. The molecule has 2 aliphatic rings. The van der Waals surface area contributed by atoms with E-state index in [4.69, 9.17) is 13.8 Å². The quantitative estimate of drug-likeness (QED) is 0.811. The number of hydrogen-bond donors (Lipinski definition) is 0. The third-order valence-corrected chi connectivity index (χ3v) is 5.40. The summed E-state index contributed by atoms with van der Waals surface area (Å²) in [6, 6.07) is 6.29. The van der Waals surface area contributed by atoms with E-state index in [9.17, 15) is 0 Å². The standard InChI is InChI=1S/C18H23BN2O3/c1-11-20-16(21-22-11)13-8-9-15(14(10-13)12-6-7-12)19-23-17(2,3)18(4,5)24-19/h8-10,12H,6-7H2,1-5H3. The van der Waals surface area contributed by atoms with Crippen molar-refractivity contribution in [3.63, 3.8) is 0 Å². The Morgan fingerprint density at radius 1 is 1.08 bits per heavy atom. The smallest absolute Gasteiger partial charge is 0.399 e. The lowest BCUT2D eigenvalue weighted by atomic mass is 9.74. The van der Waals surface area contributed by atoms with Crippen LogP contribution in [0.4, 0.5) is 0 Å². The first kappa shape index (κ1) is 15.8. The van der Waals surface area contributed by atoms with Crippen molar-refractivity contribution in [1.82, 2.24) is 10.1 Å². The molecule has 2 heterocycles. The molecule has 24 heavy (non-hydrogen) atoms. The van der Waals surface area contributed by atoms with E-state index < -0.39 is 0 Å². The minimum atomic E-state index is -0.331. The van der Waals surface area contributed by atoms with Gasteiger partial charge in [0.2, 0.25) is 11.7 Å². The van der Waals surface area contributed by atoms with Gasteiger partial charge in [0.05, 0.1) is 11.2 Å². The van der Waals surface area contributed by atoms with Crippen LogP contribution in [0.15, 0.2) is 22.7 Å². The molecular formula is C18H23BN2O3. The van der Waals surface area contributed by atoms with E-state index in [1.165, 1.54) is 18.4 Å². The Balaban J connectivity index is 1.72. The second kappa shape index (κ2) is 5.17. The first-order valence-electron chi connectivity index (χ1n) is 8.57. The van der Waals surface area contributed by atoms with E-state index in [0.717, 1.165) is 11.0 Å². The Morgan fingerprint density at radius 2 is 1.75 bits per heavy atom. The van der Waals surface area contributed by atoms with Crippen LogP contribution in [0.25, 0.3) is 11.4 Å². The highest BCUT2D eigenvalue weighted by molar-refractivity contribution is 6.62. The van der Waals surface area contributed by atoms with Crippen LogP contribution in [0.2, 0.25) is 0 Å². The summed E-state index contributed by atoms with van der Waals surface area (Å²) in [6.07, 6.45) is 2.42. The molecule has 1 saturated carbocycles. The molecular weight excluding hydrogens is 303 g/mol. The Kier molecular flexibility index (Phi) is 3.41. The van der Waals surface area contributed by atoms with Crippen molar-refractivity contribution >= 4 is 12.6 Å². The van der Waals surface area contributed by atoms with Crippen LogP contribution in [0.1, 0.15) is 57.9 Å². The second-order valence-electron chi connectivity index (χ2n) is 7.84. The highest BCUT2D eigenvalue weighted by Gasteiger charge is 2.52. The van der Waals surface area contributed by atoms with Gasteiger partial charge in [0, 0.05) is 12.5 Å². The summed E-state index contributed by atoms with van der Waals surface area (Å²) in [7, 11) is -0.327. The predicted octanol–water partition coefficient (Wildman–Crippen LogP) is 3.22. The highest BCUT2D eigenvalue weighted by atomic mass is 16.7. The van der Waals surface area contributed by atoms with Crippen LogP contribution in [-0.4, -0.2) is 28.5 Å². The van der Waals surface area contributed by atoms with E-state index in [1.54, 1.807) is 6.92 Å². The van der Waals surface area contributed by atoms with Gasteiger partial charge in [-0.1, -0.05) is 17.3 Å². The minimum Gasteiger partial charge on any atom is -0.399 e. The largest absolute Gasteiger partial charge is 0.495 e. The van der Waals surface area contributed by atoms with Crippen molar-refractivity contribution in [2.24, 2.45) is 0 Å². The van der Waals surface area contributed by atoms with Crippen LogP contribution in [0, 0.1) is 6.92 Å². The molecule has 1 aliphatic heterocycles. The number of aryl methyl sites for hydroxylation is 1. The molecule has 0 unspecified atom stereocenters. The number of hydrogen-bond acceptors (Lipinski definition) is 5. The Hall–Kier alpha value is -1.66. The third-order valence-electron chi connectivity index (χ3n) is 5.40. The Bertz CT molecular complexity index is 764. The maximum absolute atomic E-state index is 6.25. The highest BCUT2D eigenvalue weighted by Crippen LogP contribution is 2.42. The minimum absolute atomic E-state index is 0.327. The summed E-state index contributed by atoms with van der Waals surface area (Å²) < 4.78 is 17.6. The fourth-order valence-corrected chi connectivity index (χ4v) is 3.06. The molecule has 5 nitrogen and oxygen atoms in total. The van der Waals surface area contributed by atoms with Crippen molar-refractivity contribution in [3.8, 4) is 11.4 Å². The van der Waals surface area contributed by atoms with E-state index in [1.807, 2.05) is 6.07 Å². The van der Waals surface area contributed by atoms with Crippen LogP contribution < -0.4 is 5.46 Å². The van der Waals surface area contributed by atoms with Gasteiger partial charge >= 0.3 is 7.12 Å². The Morgan fingerprint density at radius 3 is 2.29 bits per heavy atom. The summed E-state index contributed by atoms with van der Waals surface area (Å²) in [6.45, 7) is 10.1. The molecule has 126 valence electrons. The third kappa shape index (κ3) is 2.58. The molecule has 0 N–H and O–H groups in total. The molecule has 0 spiro atoms. The second-order valence-corrected chi connectivity index (χ2v) is 7.84. The molecule has 0 amide bonds. The lowest BCUT2D eigenvalue weighted by molar-refractivity contribution is 0.00578. The van der Waals surface area contributed by atoms with Crippen LogP contribution in [-0.2, 0) is 9.31 Å². The van der Waals surface area contributed by atoms with Gasteiger partial charge in [0.1, 0.15) is 0 Å². The molecule has 4 rings (SSSR count). The van der Waals surface area contributed by atoms with Crippen molar-refractivity contribution in [2.75, 3.05) is 0 Å². The van der Waals surface area contributed by atoms with Crippen molar-refractivity contribution in [1.29, 1.82) is 0 Å². The molecule has 2 aromatic rings. The predicted molar refractivity (Wildman–Crippen MR) is 92.2 cm³/mol. The first-order chi connectivity index (χ1) is 11.3. The molecule has 6 heteroatoms. The molecule has 1 saturated heterocycles. The van der Waals surface area contributed by atoms with Crippen molar-refractivity contribution in [2.45, 2.75) is 64.6 Å². The van der Waals surface area contributed by atoms with Gasteiger partial charge in [-0.25, -0.2) is 0 Å². The lowest BCUT2D eigenvalue weighted by Crippen LogP contribution is -2.41. The normalized spacial score (nSPS) is 22.1. The zero-order valence-corrected chi connectivity index (χ0v) is 14.9. The van der Waals surface area contributed by atoms with E-state index >= 15 is 0 Å². The summed E-state index contributed by atoms with van der Waals surface area (Å²) in [4.78, 5) is 4.33. The number of rotatable bonds is 3. The molecule has 1 aromatic carbocycles. The van der Waals surface area contributed by atoms with Gasteiger partial charge in [-0.15, -0.1) is 0 Å². The summed E-state index contributed by atoms with van der Waals surface area (Å²) in [5, 5.41) is 4.03. The van der Waals surface area contributed by atoms with E-state index in [-0.39, 0.29) is 18.3 Å². The SMILES string of the molecule is Cc1nc(-c2ccc(B3OC(C)(C)C(C)(C)O3)c(C3CC3)c2)no1. The monoisotopic (exact) mass is 326 g/mol.